The molecule has 0 saturated heterocycles. The van der Waals surface area contributed by atoms with Crippen LogP contribution in [0.3, 0.4) is 0 Å². The van der Waals surface area contributed by atoms with Crippen molar-refractivity contribution in [3.05, 3.63) is 42.1 Å². The number of nitrogens with one attached hydrogen (secondary N) is 3. The van der Waals surface area contributed by atoms with Crippen LogP contribution in [-0.4, -0.2) is 65.8 Å². The van der Waals surface area contributed by atoms with Crippen LogP contribution in [0.2, 0.25) is 0 Å². The maximum atomic E-state index is 13.6. The van der Waals surface area contributed by atoms with E-state index < -0.39 is 53.7 Å². The van der Waals surface area contributed by atoms with Crippen LogP contribution in [0.5, 0.6) is 0 Å². The van der Waals surface area contributed by atoms with Gasteiger partial charge in [-0.25, -0.2) is 0 Å². The number of hydrogen-bond donors (Lipinski definition) is 4. The summed E-state index contributed by atoms with van der Waals surface area (Å²) in [5, 5.41) is 13.3. The molecule has 0 aromatic heterocycles. The van der Waals surface area contributed by atoms with Gasteiger partial charge in [-0.3, -0.25) is 19.8 Å². The number of nitrogens with zero attached hydrogens (tertiary/aromatic N) is 1. The van der Waals surface area contributed by atoms with Gasteiger partial charge in [-0.1, -0.05) is 24.3 Å². The highest BCUT2D eigenvalue weighted by atomic mass is 19.4. The van der Waals surface area contributed by atoms with E-state index in [9.17, 15) is 27.6 Å². The molecule has 3 rings (SSSR count). The molecule has 1 aromatic carbocycles. The van der Waals surface area contributed by atoms with Crippen molar-refractivity contribution in [2.75, 3.05) is 19.0 Å². The molecule has 1 fully saturated rings. The number of carbonyl (C=O) groups excluding carboxylic acids is 3. The predicted molar refractivity (Wildman–Crippen MR) is 122 cm³/mol. The van der Waals surface area contributed by atoms with Crippen LogP contribution in [0.1, 0.15) is 37.7 Å². The van der Waals surface area contributed by atoms with Gasteiger partial charge in [0, 0.05) is 37.0 Å². The molecule has 2 aliphatic rings. The van der Waals surface area contributed by atoms with E-state index in [1.54, 1.807) is 24.3 Å². The molecule has 0 spiro atoms. The van der Waals surface area contributed by atoms with Crippen molar-refractivity contribution in [2.45, 2.75) is 56.0 Å². The SMILES string of the molecule is COC1(C(F)(F)F)CCCC(NC(=O)[C@@H]2CC=CN2C(=O)CNc2ccccc2C(=N)C(N)=O)C1. The summed E-state index contributed by atoms with van der Waals surface area (Å²) in [5.41, 5.74) is 3.03. The Bertz CT molecular complexity index is 1030. The van der Waals surface area contributed by atoms with E-state index in [0.29, 0.717) is 12.1 Å². The summed E-state index contributed by atoms with van der Waals surface area (Å²) in [6, 6.07) is 4.73. The standard InChI is InChI=1S/C23H28F3N5O4/c1-35-22(23(24,25)26)10-4-6-14(12-22)30-21(34)17-9-5-11-31(17)18(32)13-29-16-8-3-2-7-15(16)19(27)20(28)33/h2-3,5,7-8,11,14,17,27,29H,4,6,9-10,12-13H2,1H3,(H2,28,33)(H,30,34)/t14?,17-,22?/m0/s1. The number of methoxy groups -OCH3 is 1. The quantitative estimate of drug-likeness (QED) is 0.409. The van der Waals surface area contributed by atoms with Crippen LogP contribution in [0, 0.1) is 5.41 Å². The number of halogens is 3. The van der Waals surface area contributed by atoms with Crippen LogP contribution in [0.25, 0.3) is 0 Å². The zero-order chi connectivity index (χ0) is 25.8. The molecule has 1 saturated carbocycles. The van der Waals surface area contributed by atoms with E-state index in [1.807, 2.05) is 0 Å². The second-order valence-corrected chi connectivity index (χ2v) is 8.57. The zero-order valence-corrected chi connectivity index (χ0v) is 19.2. The lowest BCUT2D eigenvalue weighted by Crippen LogP contribution is -2.56. The lowest BCUT2D eigenvalue weighted by atomic mass is 9.81. The van der Waals surface area contributed by atoms with Gasteiger partial charge in [0.05, 0.1) is 6.54 Å². The summed E-state index contributed by atoms with van der Waals surface area (Å²) in [4.78, 5) is 38.3. The second kappa shape index (κ2) is 10.5. The van der Waals surface area contributed by atoms with Gasteiger partial charge in [0.2, 0.25) is 11.8 Å². The summed E-state index contributed by atoms with van der Waals surface area (Å²) in [5.74, 6) is -1.93. The molecule has 9 nitrogen and oxygen atoms in total. The van der Waals surface area contributed by atoms with E-state index in [-0.39, 0.29) is 31.4 Å². The summed E-state index contributed by atoms with van der Waals surface area (Å²) < 4.78 is 45.6. The molecule has 1 heterocycles. The molecule has 2 unspecified atom stereocenters. The van der Waals surface area contributed by atoms with Gasteiger partial charge in [-0.2, -0.15) is 13.2 Å². The van der Waals surface area contributed by atoms with E-state index in [4.69, 9.17) is 15.9 Å². The van der Waals surface area contributed by atoms with Crippen molar-refractivity contribution >= 4 is 29.1 Å². The number of para-hydroxylation sites is 1. The van der Waals surface area contributed by atoms with Gasteiger partial charge < -0.3 is 26.0 Å². The summed E-state index contributed by atoms with van der Waals surface area (Å²) in [6.45, 7) is -0.249. The molecule has 0 bridgehead atoms. The molecule has 190 valence electrons. The normalized spacial score (nSPS) is 24.2. The van der Waals surface area contributed by atoms with Crippen molar-refractivity contribution < 1.29 is 32.3 Å². The van der Waals surface area contributed by atoms with Crippen molar-refractivity contribution in [2.24, 2.45) is 5.73 Å². The van der Waals surface area contributed by atoms with Gasteiger partial charge in [-0.05, 0) is 31.7 Å². The van der Waals surface area contributed by atoms with Crippen molar-refractivity contribution in [3.63, 3.8) is 0 Å². The van der Waals surface area contributed by atoms with Crippen molar-refractivity contribution in [3.8, 4) is 0 Å². The van der Waals surface area contributed by atoms with Crippen LogP contribution in [0.15, 0.2) is 36.5 Å². The highest BCUT2D eigenvalue weighted by Crippen LogP contribution is 2.44. The highest BCUT2D eigenvalue weighted by Gasteiger charge is 2.57. The molecule has 0 radical (unpaired) electrons. The Kier molecular flexibility index (Phi) is 7.83. The Labute approximate surface area is 200 Å². The fraction of sp³-hybridized carbons (Fsp3) is 0.478. The number of rotatable bonds is 8. The Morgan fingerprint density at radius 2 is 2.00 bits per heavy atom. The minimum atomic E-state index is -4.56. The van der Waals surface area contributed by atoms with Gasteiger partial charge in [0.1, 0.15) is 11.8 Å². The fourth-order valence-corrected chi connectivity index (χ4v) is 4.48. The lowest BCUT2D eigenvalue weighted by Gasteiger charge is -2.41. The van der Waals surface area contributed by atoms with Gasteiger partial charge in [-0.15, -0.1) is 0 Å². The number of anilines is 1. The topological polar surface area (TPSA) is 138 Å². The number of hydrogen-bond acceptors (Lipinski definition) is 6. The summed E-state index contributed by atoms with van der Waals surface area (Å²) in [6.07, 6.45) is -1.18. The number of alkyl halides is 3. The van der Waals surface area contributed by atoms with Crippen molar-refractivity contribution in [1.82, 2.24) is 10.2 Å². The molecule has 3 atom stereocenters. The number of benzene rings is 1. The van der Waals surface area contributed by atoms with E-state index in [1.165, 1.54) is 17.2 Å². The van der Waals surface area contributed by atoms with Crippen LogP contribution in [-0.2, 0) is 19.1 Å². The third-order valence-corrected chi connectivity index (χ3v) is 6.39. The minimum Gasteiger partial charge on any atom is -0.376 e. The van der Waals surface area contributed by atoms with Crippen LogP contribution < -0.4 is 16.4 Å². The Morgan fingerprint density at radius 3 is 2.66 bits per heavy atom. The van der Waals surface area contributed by atoms with Gasteiger partial charge in [0.15, 0.2) is 5.60 Å². The molecule has 35 heavy (non-hydrogen) atoms. The molecule has 12 heteroatoms. The first kappa shape index (κ1) is 26.2. The Balaban J connectivity index is 1.63. The number of ether oxygens (including phenoxy) is 1. The van der Waals surface area contributed by atoms with Crippen LogP contribution >= 0.6 is 0 Å². The zero-order valence-electron chi connectivity index (χ0n) is 19.2. The van der Waals surface area contributed by atoms with E-state index in [0.717, 1.165) is 7.11 Å². The largest absolute Gasteiger partial charge is 0.417 e. The van der Waals surface area contributed by atoms with Crippen molar-refractivity contribution in [1.29, 1.82) is 5.41 Å². The first-order chi connectivity index (χ1) is 16.5. The number of primary amides is 1. The van der Waals surface area contributed by atoms with E-state index in [2.05, 4.69) is 10.6 Å². The smallest absolute Gasteiger partial charge is 0.376 e. The molecule has 1 aliphatic carbocycles. The second-order valence-electron chi connectivity index (χ2n) is 8.57. The van der Waals surface area contributed by atoms with Crippen LogP contribution in [0.4, 0.5) is 18.9 Å². The third-order valence-electron chi connectivity index (χ3n) is 6.39. The molecule has 3 amide bonds. The molecular formula is C23H28F3N5O4. The Morgan fingerprint density at radius 1 is 1.29 bits per heavy atom. The third kappa shape index (κ3) is 5.64. The molecule has 1 aliphatic heterocycles. The summed E-state index contributed by atoms with van der Waals surface area (Å²) in [7, 11) is 1.02. The maximum absolute atomic E-state index is 13.6. The molecule has 5 N–H and O–H groups in total. The average Bonchev–Trinajstić information content (AvgIpc) is 3.32. The number of carbonyl (C=O) groups is 3. The summed E-state index contributed by atoms with van der Waals surface area (Å²) >= 11 is 0. The molecular weight excluding hydrogens is 467 g/mol. The minimum absolute atomic E-state index is 0.171. The monoisotopic (exact) mass is 495 g/mol. The predicted octanol–water partition coefficient (Wildman–Crippen LogP) is 2.07. The first-order valence-corrected chi connectivity index (χ1v) is 11.1. The van der Waals surface area contributed by atoms with Gasteiger partial charge in [0.25, 0.3) is 5.91 Å². The fourth-order valence-electron chi connectivity index (χ4n) is 4.48. The lowest BCUT2D eigenvalue weighted by molar-refractivity contribution is -0.281. The average molecular weight is 496 g/mol. The Hall–Kier alpha value is -3.41. The number of amides is 3. The first-order valence-electron chi connectivity index (χ1n) is 11.1. The van der Waals surface area contributed by atoms with E-state index >= 15 is 0 Å². The molecule has 1 aromatic rings. The number of nitrogens with two attached hydrogens (primary N) is 1. The maximum Gasteiger partial charge on any atom is 0.417 e. The highest BCUT2D eigenvalue weighted by molar-refractivity contribution is 6.44. The van der Waals surface area contributed by atoms with Gasteiger partial charge >= 0.3 is 6.18 Å².